The van der Waals surface area contributed by atoms with Crippen LogP contribution in [0.3, 0.4) is 0 Å². The van der Waals surface area contributed by atoms with Crippen LogP contribution in [-0.4, -0.2) is 20.6 Å². The summed E-state index contributed by atoms with van der Waals surface area (Å²) < 4.78 is 1.91. The topological polar surface area (TPSA) is 55.1 Å². The molecule has 4 heteroatoms. The van der Waals surface area contributed by atoms with E-state index >= 15 is 0 Å². The molecule has 72 valence electrons. The number of nitrogens with zero attached hydrogens (tertiary/aromatic N) is 2. The lowest BCUT2D eigenvalue weighted by atomic mass is 10.2. The van der Waals surface area contributed by atoms with Gasteiger partial charge in [-0.25, -0.2) is 4.98 Å². The van der Waals surface area contributed by atoms with Crippen molar-refractivity contribution in [1.82, 2.24) is 9.55 Å². The van der Waals surface area contributed by atoms with Crippen molar-refractivity contribution < 1.29 is 9.90 Å². The molecule has 0 bridgehead atoms. The minimum absolute atomic E-state index is 0.0186. The fourth-order valence-corrected chi connectivity index (χ4v) is 1.37. The summed E-state index contributed by atoms with van der Waals surface area (Å²) in [5.74, 6) is 0.164. The van der Waals surface area contributed by atoms with Crippen LogP contribution in [0.1, 0.15) is 32.1 Å². The molecule has 0 unspecified atom stereocenters. The second-order valence-electron chi connectivity index (χ2n) is 3.05. The highest BCUT2D eigenvalue weighted by Crippen LogP contribution is 2.13. The predicted octanol–water partition coefficient (Wildman–Crippen LogP) is 1.48. The lowest BCUT2D eigenvalue weighted by molar-refractivity contribution is -0.137. The normalized spacial score (nSPS) is 12.8. The smallest absolute Gasteiger partial charge is 0.305 e. The number of hydrogen-bond donors (Lipinski definition) is 1. The number of aliphatic carboxylic acids is 1. The van der Waals surface area contributed by atoms with Crippen LogP contribution in [0.4, 0.5) is 0 Å². The van der Waals surface area contributed by atoms with E-state index in [0.717, 1.165) is 12.2 Å². The molecule has 0 spiro atoms. The van der Waals surface area contributed by atoms with Crippen molar-refractivity contribution in [3.8, 4) is 0 Å². The first-order valence-electron chi connectivity index (χ1n) is 4.38. The Morgan fingerprint density at radius 1 is 1.77 bits per heavy atom. The van der Waals surface area contributed by atoms with Gasteiger partial charge in [0.05, 0.1) is 6.42 Å². The minimum atomic E-state index is -0.775. The Morgan fingerprint density at radius 2 is 2.46 bits per heavy atom. The van der Waals surface area contributed by atoms with Crippen molar-refractivity contribution in [3.63, 3.8) is 0 Å². The number of carboxylic acids is 1. The molecule has 1 aromatic heterocycles. The number of rotatable bonds is 4. The van der Waals surface area contributed by atoms with E-state index in [1.807, 2.05) is 24.6 Å². The van der Waals surface area contributed by atoms with Gasteiger partial charge in [-0.1, -0.05) is 6.92 Å². The quantitative estimate of drug-likeness (QED) is 0.767. The van der Waals surface area contributed by atoms with Crippen LogP contribution in [0, 0.1) is 0 Å². The zero-order valence-electron chi connectivity index (χ0n) is 7.90. The van der Waals surface area contributed by atoms with Crippen LogP contribution in [0.15, 0.2) is 12.4 Å². The highest BCUT2D eigenvalue weighted by molar-refractivity contribution is 5.67. The zero-order valence-corrected chi connectivity index (χ0v) is 7.90. The molecule has 13 heavy (non-hydrogen) atoms. The Bertz CT molecular complexity index is 294. The Balaban J connectivity index is 2.75. The Hall–Kier alpha value is -1.32. The van der Waals surface area contributed by atoms with Gasteiger partial charge in [0.2, 0.25) is 0 Å². The van der Waals surface area contributed by atoms with E-state index < -0.39 is 5.97 Å². The van der Waals surface area contributed by atoms with E-state index in [9.17, 15) is 4.79 Å². The number of carboxylic acid groups (broad SMARTS) is 1. The molecular weight excluding hydrogens is 168 g/mol. The summed E-state index contributed by atoms with van der Waals surface area (Å²) in [7, 11) is 0. The molecule has 0 aliphatic carbocycles. The number of aryl methyl sites for hydroxylation is 1. The van der Waals surface area contributed by atoms with Gasteiger partial charge in [0, 0.05) is 24.9 Å². The van der Waals surface area contributed by atoms with Gasteiger partial charge in [0.1, 0.15) is 5.82 Å². The molecule has 1 rings (SSSR count). The second-order valence-corrected chi connectivity index (χ2v) is 3.05. The zero-order chi connectivity index (χ0) is 9.84. The molecule has 0 amide bonds. The van der Waals surface area contributed by atoms with Gasteiger partial charge in [-0.05, 0) is 6.92 Å². The molecule has 1 N–H and O–H groups in total. The molecule has 0 saturated heterocycles. The van der Waals surface area contributed by atoms with Crippen molar-refractivity contribution >= 4 is 5.97 Å². The summed E-state index contributed by atoms with van der Waals surface area (Å²) >= 11 is 0. The van der Waals surface area contributed by atoms with E-state index in [1.165, 1.54) is 0 Å². The van der Waals surface area contributed by atoms with Gasteiger partial charge in [-0.2, -0.15) is 0 Å². The Labute approximate surface area is 77.2 Å². The molecule has 1 atom stereocenters. The largest absolute Gasteiger partial charge is 0.481 e. The van der Waals surface area contributed by atoms with Crippen molar-refractivity contribution in [1.29, 1.82) is 0 Å². The molecule has 1 heterocycles. The lowest BCUT2D eigenvalue weighted by Gasteiger charge is -2.13. The molecule has 0 aliphatic rings. The average molecular weight is 182 g/mol. The summed E-state index contributed by atoms with van der Waals surface area (Å²) in [6.07, 6.45) is 4.50. The highest BCUT2D eigenvalue weighted by atomic mass is 16.4. The third-order valence-electron chi connectivity index (χ3n) is 2.01. The molecule has 1 aromatic rings. The third-order valence-corrected chi connectivity index (χ3v) is 2.01. The van der Waals surface area contributed by atoms with Crippen molar-refractivity contribution in [2.75, 3.05) is 0 Å². The second kappa shape index (κ2) is 4.07. The van der Waals surface area contributed by atoms with E-state index in [-0.39, 0.29) is 12.5 Å². The number of aromatic nitrogens is 2. The van der Waals surface area contributed by atoms with Crippen LogP contribution >= 0.6 is 0 Å². The molecule has 4 nitrogen and oxygen atoms in total. The van der Waals surface area contributed by atoms with Crippen LogP contribution in [0.5, 0.6) is 0 Å². The predicted molar refractivity (Wildman–Crippen MR) is 48.6 cm³/mol. The fraction of sp³-hybridized carbons (Fsp3) is 0.556. The molecule has 0 radical (unpaired) electrons. The van der Waals surface area contributed by atoms with E-state index in [0.29, 0.717) is 0 Å². The first kappa shape index (κ1) is 9.77. The first-order valence-corrected chi connectivity index (χ1v) is 4.38. The van der Waals surface area contributed by atoms with E-state index in [4.69, 9.17) is 5.11 Å². The van der Waals surface area contributed by atoms with Gasteiger partial charge in [-0.15, -0.1) is 0 Å². The molecule has 0 aromatic carbocycles. The van der Waals surface area contributed by atoms with Crippen LogP contribution in [0.2, 0.25) is 0 Å². The number of carbonyl (C=O) groups is 1. The van der Waals surface area contributed by atoms with Crippen LogP contribution in [0.25, 0.3) is 0 Å². The maximum Gasteiger partial charge on any atom is 0.305 e. The summed E-state index contributed by atoms with van der Waals surface area (Å²) in [6, 6.07) is -0.0186. The fourth-order valence-electron chi connectivity index (χ4n) is 1.37. The Kier molecular flexibility index (Phi) is 3.06. The van der Waals surface area contributed by atoms with Gasteiger partial charge in [0.15, 0.2) is 0 Å². The van der Waals surface area contributed by atoms with Crippen molar-refractivity contribution in [3.05, 3.63) is 18.2 Å². The highest BCUT2D eigenvalue weighted by Gasteiger charge is 2.11. The van der Waals surface area contributed by atoms with Gasteiger partial charge in [0.25, 0.3) is 0 Å². The van der Waals surface area contributed by atoms with Crippen LogP contribution in [-0.2, 0) is 11.2 Å². The summed E-state index contributed by atoms with van der Waals surface area (Å²) in [5, 5.41) is 8.61. The van der Waals surface area contributed by atoms with Crippen molar-refractivity contribution in [2.45, 2.75) is 32.7 Å². The Morgan fingerprint density at radius 3 is 3.00 bits per heavy atom. The monoisotopic (exact) mass is 182 g/mol. The van der Waals surface area contributed by atoms with Gasteiger partial charge < -0.3 is 9.67 Å². The summed E-state index contributed by atoms with van der Waals surface area (Å²) in [4.78, 5) is 14.6. The number of hydrogen-bond acceptors (Lipinski definition) is 2. The maximum absolute atomic E-state index is 10.5. The molecule has 0 saturated carbocycles. The lowest BCUT2D eigenvalue weighted by Crippen LogP contribution is -2.12. The van der Waals surface area contributed by atoms with Gasteiger partial charge in [-0.3, -0.25) is 4.79 Å². The maximum atomic E-state index is 10.5. The first-order chi connectivity index (χ1) is 6.15. The van der Waals surface area contributed by atoms with E-state index in [1.54, 1.807) is 6.20 Å². The van der Waals surface area contributed by atoms with Gasteiger partial charge >= 0.3 is 5.97 Å². The van der Waals surface area contributed by atoms with E-state index in [2.05, 4.69) is 4.98 Å². The average Bonchev–Trinajstić information content (AvgIpc) is 2.49. The summed E-state index contributed by atoms with van der Waals surface area (Å²) in [6.45, 7) is 3.89. The molecular formula is C9H14N2O2. The standard InChI is InChI=1S/C9H14N2O2/c1-3-8-10-4-5-11(8)7(2)6-9(12)13/h4-5,7H,3,6H2,1-2H3,(H,12,13)/t7-/m1/s1. The SMILES string of the molecule is CCc1nccn1[C@H](C)CC(=O)O. The van der Waals surface area contributed by atoms with Crippen LogP contribution < -0.4 is 0 Å². The minimum Gasteiger partial charge on any atom is -0.481 e. The molecule has 0 fully saturated rings. The third kappa shape index (κ3) is 2.31. The number of imidazole rings is 1. The van der Waals surface area contributed by atoms with Crippen molar-refractivity contribution in [2.24, 2.45) is 0 Å². The summed E-state index contributed by atoms with van der Waals surface area (Å²) in [5.41, 5.74) is 0. The molecule has 0 aliphatic heterocycles.